The third-order valence-electron chi connectivity index (χ3n) is 1.39. The van der Waals surface area contributed by atoms with Crippen molar-refractivity contribution in [1.29, 1.82) is 0 Å². The molecular weight excluding hydrogens is 279 g/mol. The normalized spacial score (nSPS) is 9.31. The molecule has 3 heteroatoms. The molecule has 2 nitrogen and oxygen atoms in total. The van der Waals surface area contributed by atoms with Gasteiger partial charge in [-0.1, -0.05) is 24.8 Å². The SMILES string of the molecule is C=CCOc1c(I)ccccc1=O. The summed E-state index contributed by atoms with van der Waals surface area (Å²) in [7, 11) is 0. The molecule has 0 amide bonds. The Balaban J connectivity index is 3.12. The Labute approximate surface area is 90.4 Å². The van der Waals surface area contributed by atoms with Crippen molar-refractivity contribution in [3.05, 3.63) is 50.7 Å². The molecule has 1 rings (SSSR count). The van der Waals surface area contributed by atoms with Crippen molar-refractivity contribution in [2.75, 3.05) is 6.61 Å². The van der Waals surface area contributed by atoms with Crippen molar-refractivity contribution >= 4 is 22.6 Å². The second-order valence-corrected chi connectivity index (χ2v) is 3.52. The van der Waals surface area contributed by atoms with Crippen LogP contribution in [0.15, 0.2) is 41.7 Å². The zero-order valence-corrected chi connectivity index (χ0v) is 9.15. The number of rotatable bonds is 3. The van der Waals surface area contributed by atoms with E-state index in [0.29, 0.717) is 12.4 Å². The van der Waals surface area contributed by atoms with Gasteiger partial charge in [0, 0.05) is 0 Å². The summed E-state index contributed by atoms with van der Waals surface area (Å²) < 4.78 is 6.05. The van der Waals surface area contributed by atoms with E-state index < -0.39 is 0 Å². The minimum Gasteiger partial charge on any atom is -0.484 e. The van der Waals surface area contributed by atoms with Crippen LogP contribution in [0.4, 0.5) is 0 Å². The van der Waals surface area contributed by atoms with E-state index in [1.807, 2.05) is 12.1 Å². The molecule has 0 saturated carbocycles. The molecule has 0 aliphatic rings. The third kappa shape index (κ3) is 2.84. The van der Waals surface area contributed by atoms with Crippen molar-refractivity contribution < 1.29 is 4.74 Å². The van der Waals surface area contributed by atoms with Crippen molar-refractivity contribution in [3.8, 4) is 5.75 Å². The highest BCUT2D eigenvalue weighted by Crippen LogP contribution is 2.13. The van der Waals surface area contributed by atoms with Gasteiger partial charge < -0.3 is 4.74 Å². The first-order valence-electron chi connectivity index (χ1n) is 3.78. The van der Waals surface area contributed by atoms with Crippen LogP contribution in [0, 0.1) is 3.57 Å². The van der Waals surface area contributed by atoms with Gasteiger partial charge in [0.25, 0.3) is 0 Å². The predicted molar refractivity (Wildman–Crippen MR) is 61.1 cm³/mol. The molecule has 0 atom stereocenters. The Morgan fingerprint density at radius 1 is 1.46 bits per heavy atom. The predicted octanol–water partition coefficient (Wildman–Crippen LogP) is 2.22. The molecule has 0 aliphatic heterocycles. The molecule has 0 unspecified atom stereocenters. The first-order chi connectivity index (χ1) is 6.25. The summed E-state index contributed by atoms with van der Waals surface area (Å²) in [5.41, 5.74) is -0.101. The van der Waals surface area contributed by atoms with Gasteiger partial charge in [0.15, 0.2) is 5.75 Å². The van der Waals surface area contributed by atoms with Crippen LogP contribution >= 0.6 is 22.6 Å². The monoisotopic (exact) mass is 288 g/mol. The van der Waals surface area contributed by atoms with E-state index in [2.05, 4.69) is 29.2 Å². The van der Waals surface area contributed by atoms with Crippen LogP contribution in [0.3, 0.4) is 0 Å². The molecule has 0 saturated heterocycles. The lowest BCUT2D eigenvalue weighted by molar-refractivity contribution is 0.358. The average Bonchev–Trinajstić information content (AvgIpc) is 2.26. The fraction of sp³-hybridized carbons (Fsp3) is 0.100. The van der Waals surface area contributed by atoms with Crippen LogP contribution in [0.5, 0.6) is 5.75 Å². The Morgan fingerprint density at radius 2 is 2.15 bits per heavy atom. The van der Waals surface area contributed by atoms with Gasteiger partial charge in [-0.15, -0.1) is 0 Å². The highest BCUT2D eigenvalue weighted by atomic mass is 127. The summed E-state index contributed by atoms with van der Waals surface area (Å²) in [6.07, 6.45) is 1.61. The lowest BCUT2D eigenvalue weighted by atomic mass is 10.4. The average molecular weight is 288 g/mol. The van der Waals surface area contributed by atoms with Crippen LogP contribution in [-0.2, 0) is 0 Å². The molecular formula is C10H9IO2. The van der Waals surface area contributed by atoms with Crippen LogP contribution < -0.4 is 10.2 Å². The number of hydrogen-bond acceptors (Lipinski definition) is 2. The Morgan fingerprint density at radius 3 is 2.85 bits per heavy atom. The molecule has 0 radical (unpaired) electrons. The lowest BCUT2D eigenvalue weighted by Crippen LogP contribution is -2.05. The zero-order valence-electron chi connectivity index (χ0n) is 7.00. The molecule has 1 aromatic carbocycles. The molecule has 0 aliphatic carbocycles. The fourth-order valence-corrected chi connectivity index (χ4v) is 1.46. The van der Waals surface area contributed by atoms with E-state index in [1.54, 1.807) is 12.1 Å². The highest BCUT2D eigenvalue weighted by molar-refractivity contribution is 14.1. The van der Waals surface area contributed by atoms with Crippen molar-refractivity contribution in [2.45, 2.75) is 0 Å². The maximum atomic E-state index is 11.4. The number of halogens is 1. The second-order valence-electron chi connectivity index (χ2n) is 2.36. The quantitative estimate of drug-likeness (QED) is 0.629. The van der Waals surface area contributed by atoms with E-state index in [9.17, 15) is 4.79 Å². The molecule has 0 N–H and O–H groups in total. The summed E-state index contributed by atoms with van der Waals surface area (Å²) in [6, 6.07) is 6.83. The number of ether oxygens (including phenoxy) is 1. The number of hydrogen-bond donors (Lipinski definition) is 0. The standard InChI is InChI=1S/C10H9IO2/c1-2-7-13-10-8(11)5-3-4-6-9(10)12/h2-6H,1,7H2. The van der Waals surface area contributed by atoms with Crippen molar-refractivity contribution in [1.82, 2.24) is 0 Å². The van der Waals surface area contributed by atoms with Gasteiger partial charge in [-0.3, -0.25) is 4.79 Å². The van der Waals surface area contributed by atoms with Gasteiger partial charge in [-0.2, -0.15) is 0 Å². The maximum Gasteiger partial charge on any atom is 0.221 e. The summed E-state index contributed by atoms with van der Waals surface area (Å²) in [5.74, 6) is 0.394. The largest absolute Gasteiger partial charge is 0.484 e. The molecule has 0 aromatic heterocycles. The van der Waals surface area contributed by atoms with Crippen LogP contribution in [0.25, 0.3) is 0 Å². The van der Waals surface area contributed by atoms with Crippen LogP contribution in [-0.4, -0.2) is 6.61 Å². The van der Waals surface area contributed by atoms with Crippen LogP contribution in [0.2, 0.25) is 0 Å². The van der Waals surface area contributed by atoms with E-state index in [1.165, 1.54) is 6.07 Å². The van der Waals surface area contributed by atoms with E-state index in [4.69, 9.17) is 4.74 Å². The summed E-state index contributed by atoms with van der Waals surface area (Å²) in [6.45, 7) is 3.88. The molecule has 13 heavy (non-hydrogen) atoms. The first kappa shape index (κ1) is 10.2. The minimum absolute atomic E-state index is 0.101. The molecule has 0 bridgehead atoms. The van der Waals surface area contributed by atoms with Gasteiger partial charge >= 0.3 is 0 Å². The summed E-state index contributed by atoms with van der Waals surface area (Å²) in [5, 5.41) is 0. The topological polar surface area (TPSA) is 26.3 Å². The fourth-order valence-electron chi connectivity index (χ4n) is 0.834. The van der Waals surface area contributed by atoms with Crippen molar-refractivity contribution in [3.63, 3.8) is 0 Å². The second kappa shape index (κ2) is 5.01. The van der Waals surface area contributed by atoms with Gasteiger partial charge in [0.05, 0.1) is 3.57 Å². The van der Waals surface area contributed by atoms with Gasteiger partial charge in [-0.05, 0) is 34.7 Å². The van der Waals surface area contributed by atoms with Gasteiger partial charge in [0.2, 0.25) is 5.43 Å². The third-order valence-corrected chi connectivity index (χ3v) is 2.24. The smallest absolute Gasteiger partial charge is 0.221 e. The highest BCUT2D eigenvalue weighted by Gasteiger charge is 2.01. The van der Waals surface area contributed by atoms with E-state index in [-0.39, 0.29) is 5.43 Å². The van der Waals surface area contributed by atoms with Gasteiger partial charge in [-0.25, -0.2) is 0 Å². The minimum atomic E-state index is -0.101. The Kier molecular flexibility index (Phi) is 3.95. The molecule has 0 spiro atoms. The zero-order chi connectivity index (χ0) is 9.68. The first-order valence-corrected chi connectivity index (χ1v) is 4.86. The molecule has 0 heterocycles. The van der Waals surface area contributed by atoms with E-state index >= 15 is 0 Å². The Hall–Kier alpha value is -0.840. The van der Waals surface area contributed by atoms with Crippen LogP contribution in [0.1, 0.15) is 0 Å². The van der Waals surface area contributed by atoms with E-state index in [0.717, 1.165) is 3.57 Å². The Bertz CT molecular complexity index is 360. The molecule has 0 fully saturated rings. The molecule has 68 valence electrons. The maximum absolute atomic E-state index is 11.4. The lowest BCUT2D eigenvalue weighted by Gasteiger charge is -2.00. The molecule has 1 aromatic rings. The van der Waals surface area contributed by atoms with Crippen molar-refractivity contribution in [2.24, 2.45) is 0 Å². The summed E-state index contributed by atoms with van der Waals surface area (Å²) in [4.78, 5) is 11.4. The van der Waals surface area contributed by atoms with Gasteiger partial charge in [0.1, 0.15) is 6.61 Å². The summed E-state index contributed by atoms with van der Waals surface area (Å²) >= 11 is 2.07.